The minimum atomic E-state index is -1.20. The second-order valence-corrected chi connectivity index (χ2v) is 3.48. The summed E-state index contributed by atoms with van der Waals surface area (Å²) >= 11 is 0. The first kappa shape index (κ1) is 14.1. The van der Waals surface area contributed by atoms with E-state index in [0.29, 0.717) is 0 Å². The highest BCUT2D eigenvalue weighted by atomic mass is 16.6. The molecule has 0 saturated carbocycles. The number of carbonyl (C=O) groups is 1. The van der Waals surface area contributed by atoms with Crippen molar-refractivity contribution in [1.82, 2.24) is 4.98 Å². The fourth-order valence-electron chi connectivity index (χ4n) is 1.39. The van der Waals surface area contributed by atoms with Crippen molar-refractivity contribution in [3.63, 3.8) is 0 Å². The van der Waals surface area contributed by atoms with Crippen LogP contribution in [0, 0.1) is 21.4 Å². The summed E-state index contributed by atoms with van der Waals surface area (Å²) in [6.07, 6.45) is 2.62. The van der Waals surface area contributed by atoms with Crippen molar-refractivity contribution in [3.8, 4) is 6.07 Å². The Balaban J connectivity index is 3.20. The maximum Gasteiger partial charge on any atom is 0.328 e. The van der Waals surface area contributed by atoms with Crippen LogP contribution in [0.4, 0.5) is 11.5 Å². The van der Waals surface area contributed by atoms with E-state index in [1.807, 2.05) is 0 Å². The van der Waals surface area contributed by atoms with Crippen LogP contribution in [0.3, 0.4) is 0 Å². The van der Waals surface area contributed by atoms with Crippen LogP contribution in [0.25, 0.3) is 0 Å². The zero-order valence-corrected chi connectivity index (χ0v) is 9.74. The molecule has 1 atom stereocenters. The molecular weight excluding hydrogens is 252 g/mol. The van der Waals surface area contributed by atoms with E-state index >= 15 is 0 Å². The van der Waals surface area contributed by atoms with Gasteiger partial charge in [0, 0.05) is 6.20 Å². The number of nitrogens with zero attached hydrogens (tertiary/aromatic N) is 3. The summed E-state index contributed by atoms with van der Waals surface area (Å²) < 4.78 is 0. The highest BCUT2D eigenvalue weighted by Crippen LogP contribution is 2.26. The van der Waals surface area contributed by atoms with Crippen molar-refractivity contribution in [2.45, 2.75) is 12.5 Å². The van der Waals surface area contributed by atoms with Gasteiger partial charge in [0.1, 0.15) is 17.7 Å². The van der Waals surface area contributed by atoms with Crippen molar-refractivity contribution >= 4 is 17.5 Å². The van der Waals surface area contributed by atoms with Crippen molar-refractivity contribution in [1.29, 1.82) is 5.26 Å². The number of aliphatic carboxylic acids is 1. The number of hydrogen-bond acceptors (Lipinski definition) is 6. The van der Waals surface area contributed by atoms with Gasteiger partial charge in [-0.1, -0.05) is 6.08 Å². The normalized spacial score (nSPS) is 11.1. The first-order chi connectivity index (χ1) is 9.01. The molecule has 1 aromatic rings. The van der Waals surface area contributed by atoms with E-state index < -0.39 is 22.6 Å². The second-order valence-electron chi connectivity index (χ2n) is 3.48. The largest absolute Gasteiger partial charge is 0.480 e. The molecule has 0 saturated heterocycles. The van der Waals surface area contributed by atoms with Gasteiger partial charge >= 0.3 is 11.7 Å². The van der Waals surface area contributed by atoms with Crippen LogP contribution in [0.15, 0.2) is 24.9 Å². The van der Waals surface area contributed by atoms with Gasteiger partial charge in [-0.3, -0.25) is 10.1 Å². The minimum absolute atomic E-state index is 0.0605. The molecule has 0 radical (unpaired) electrons. The van der Waals surface area contributed by atoms with Gasteiger partial charge in [-0.25, -0.2) is 9.78 Å². The number of anilines is 1. The number of pyridine rings is 1. The number of carboxylic acids is 1. The summed E-state index contributed by atoms with van der Waals surface area (Å²) in [5.74, 6) is -1.45. The van der Waals surface area contributed by atoms with Gasteiger partial charge in [0.25, 0.3) is 0 Å². The molecule has 8 nitrogen and oxygen atoms in total. The number of nitrogens with one attached hydrogen (secondary N) is 1. The third-order valence-electron chi connectivity index (χ3n) is 2.24. The number of carboxylic acid groups (broad SMARTS) is 1. The molecule has 0 amide bonds. The van der Waals surface area contributed by atoms with Gasteiger partial charge in [0.15, 0.2) is 0 Å². The average Bonchev–Trinajstić information content (AvgIpc) is 2.37. The summed E-state index contributed by atoms with van der Waals surface area (Å²) in [5, 5.41) is 31.1. The Bertz CT molecular complexity index is 564. The van der Waals surface area contributed by atoms with Crippen LogP contribution in [-0.4, -0.2) is 27.0 Å². The molecule has 0 aromatic carbocycles. The molecule has 1 heterocycles. The monoisotopic (exact) mass is 262 g/mol. The average molecular weight is 262 g/mol. The van der Waals surface area contributed by atoms with Gasteiger partial charge < -0.3 is 10.4 Å². The molecule has 0 aliphatic heterocycles. The van der Waals surface area contributed by atoms with Gasteiger partial charge in [0.05, 0.1) is 4.92 Å². The Hall–Kier alpha value is -2.95. The highest BCUT2D eigenvalue weighted by Gasteiger charge is 2.25. The Kier molecular flexibility index (Phi) is 4.54. The van der Waals surface area contributed by atoms with Crippen molar-refractivity contribution in [2.24, 2.45) is 0 Å². The van der Waals surface area contributed by atoms with E-state index in [9.17, 15) is 14.9 Å². The molecule has 0 fully saturated rings. The van der Waals surface area contributed by atoms with E-state index in [2.05, 4.69) is 16.9 Å². The standard InChI is InChI=1S/C11H10N4O4/c1-2-3-8(11(16)17)14-10-9(15(18)19)7(6-12)4-5-13-10/h2,4-5,8H,1,3H2,(H,13,14)(H,16,17). The summed E-state index contributed by atoms with van der Waals surface area (Å²) in [4.78, 5) is 24.8. The quantitative estimate of drug-likeness (QED) is 0.449. The van der Waals surface area contributed by atoms with Crippen LogP contribution in [0.1, 0.15) is 12.0 Å². The van der Waals surface area contributed by atoms with Crippen LogP contribution in [0.5, 0.6) is 0 Å². The van der Waals surface area contributed by atoms with Crippen LogP contribution < -0.4 is 5.32 Å². The molecule has 0 aliphatic rings. The molecule has 0 bridgehead atoms. The second kappa shape index (κ2) is 6.11. The zero-order chi connectivity index (χ0) is 14.4. The molecule has 19 heavy (non-hydrogen) atoms. The first-order valence-electron chi connectivity index (χ1n) is 5.15. The number of nitro groups is 1. The van der Waals surface area contributed by atoms with Crippen molar-refractivity contribution < 1.29 is 14.8 Å². The lowest BCUT2D eigenvalue weighted by Crippen LogP contribution is -2.29. The molecule has 98 valence electrons. The molecule has 0 aliphatic carbocycles. The van der Waals surface area contributed by atoms with E-state index in [1.54, 1.807) is 6.07 Å². The van der Waals surface area contributed by atoms with Crippen LogP contribution in [-0.2, 0) is 4.79 Å². The van der Waals surface area contributed by atoms with Gasteiger partial charge in [-0.15, -0.1) is 6.58 Å². The van der Waals surface area contributed by atoms with E-state index in [4.69, 9.17) is 10.4 Å². The molecular formula is C11H10N4O4. The Labute approximate surface area is 108 Å². The van der Waals surface area contributed by atoms with Crippen LogP contribution in [0.2, 0.25) is 0 Å². The van der Waals surface area contributed by atoms with Crippen molar-refractivity contribution in [3.05, 3.63) is 40.6 Å². The van der Waals surface area contributed by atoms with Gasteiger partial charge in [-0.2, -0.15) is 5.26 Å². The predicted molar refractivity (Wildman–Crippen MR) is 65.5 cm³/mol. The fourth-order valence-corrected chi connectivity index (χ4v) is 1.39. The first-order valence-corrected chi connectivity index (χ1v) is 5.15. The topological polar surface area (TPSA) is 129 Å². The highest BCUT2D eigenvalue weighted by molar-refractivity contribution is 5.79. The van der Waals surface area contributed by atoms with E-state index in [0.717, 1.165) is 0 Å². The van der Waals surface area contributed by atoms with E-state index in [1.165, 1.54) is 18.3 Å². The van der Waals surface area contributed by atoms with E-state index in [-0.39, 0.29) is 17.8 Å². The summed E-state index contributed by atoms with van der Waals surface area (Å²) in [6.45, 7) is 3.41. The van der Waals surface area contributed by atoms with Gasteiger partial charge in [0.2, 0.25) is 5.82 Å². The fraction of sp³-hybridized carbons (Fsp3) is 0.182. The third kappa shape index (κ3) is 3.26. The maximum absolute atomic E-state index is 11.0. The summed E-state index contributed by atoms with van der Waals surface area (Å²) in [5.41, 5.74) is -0.731. The molecule has 1 rings (SSSR count). The smallest absolute Gasteiger partial charge is 0.328 e. The lowest BCUT2D eigenvalue weighted by Gasteiger charge is -2.13. The zero-order valence-electron chi connectivity index (χ0n) is 9.74. The molecule has 8 heteroatoms. The minimum Gasteiger partial charge on any atom is -0.480 e. The Morgan fingerprint density at radius 1 is 1.79 bits per heavy atom. The third-order valence-corrected chi connectivity index (χ3v) is 2.24. The number of rotatable bonds is 6. The lowest BCUT2D eigenvalue weighted by atomic mass is 10.2. The van der Waals surface area contributed by atoms with Crippen LogP contribution >= 0.6 is 0 Å². The summed E-state index contributed by atoms with van der Waals surface area (Å²) in [6, 6.07) is 1.75. The number of nitriles is 1. The Morgan fingerprint density at radius 3 is 2.95 bits per heavy atom. The number of aromatic nitrogens is 1. The maximum atomic E-state index is 11.0. The molecule has 2 N–H and O–H groups in total. The van der Waals surface area contributed by atoms with Gasteiger partial charge in [-0.05, 0) is 12.5 Å². The Morgan fingerprint density at radius 2 is 2.47 bits per heavy atom. The van der Waals surface area contributed by atoms with Crippen molar-refractivity contribution in [2.75, 3.05) is 5.32 Å². The SMILES string of the molecule is C=CCC(Nc1nccc(C#N)c1[N+](=O)[O-])C(=O)O. The lowest BCUT2D eigenvalue weighted by molar-refractivity contribution is -0.384. The molecule has 1 aromatic heterocycles. The number of hydrogen-bond donors (Lipinski definition) is 2. The molecule has 1 unspecified atom stereocenters. The summed E-state index contributed by atoms with van der Waals surface area (Å²) in [7, 11) is 0. The molecule has 0 spiro atoms. The predicted octanol–water partition coefficient (Wildman–Crippen LogP) is 1.30.